The van der Waals surface area contributed by atoms with Crippen molar-refractivity contribution in [2.24, 2.45) is 0 Å². The van der Waals surface area contributed by atoms with E-state index in [1.165, 1.54) is 11.3 Å². The second kappa shape index (κ2) is 3.62. The molecule has 0 bridgehead atoms. The summed E-state index contributed by atoms with van der Waals surface area (Å²) in [7, 11) is 0. The summed E-state index contributed by atoms with van der Waals surface area (Å²) >= 11 is 12.9. The van der Waals surface area contributed by atoms with Gasteiger partial charge in [0, 0.05) is 10.9 Å². The molecule has 0 saturated carbocycles. The average molecular weight is 231 g/mol. The van der Waals surface area contributed by atoms with Crippen molar-refractivity contribution in [3.8, 4) is 11.3 Å². The lowest BCUT2D eigenvalue weighted by Gasteiger charge is -1.93. The number of hydrogen-bond acceptors (Lipinski definition) is 3. The molecule has 0 aliphatic heterocycles. The molecule has 0 aliphatic rings. The minimum absolute atomic E-state index is 0.394. The Balaban J connectivity index is 2.41. The number of hydrogen-bond donors (Lipinski definition) is 0. The third-order valence-corrected chi connectivity index (χ3v) is 2.79. The Bertz CT molecular complexity index is 410. The van der Waals surface area contributed by atoms with Crippen molar-refractivity contribution < 1.29 is 0 Å². The van der Waals surface area contributed by atoms with Crippen LogP contribution < -0.4 is 0 Å². The van der Waals surface area contributed by atoms with Crippen LogP contribution in [0, 0.1) is 0 Å². The summed E-state index contributed by atoms with van der Waals surface area (Å²) in [4.78, 5) is 0. The molecule has 0 fully saturated rings. The maximum absolute atomic E-state index is 5.79. The summed E-state index contributed by atoms with van der Waals surface area (Å²) in [6.07, 6.45) is 0. The second-order valence-corrected chi connectivity index (χ2v) is 4.31. The van der Waals surface area contributed by atoms with Gasteiger partial charge in [-0.2, -0.15) is 0 Å². The number of halogens is 2. The van der Waals surface area contributed by atoms with Gasteiger partial charge in [-0.15, -0.1) is 21.5 Å². The first-order valence-electron chi connectivity index (χ1n) is 3.49. The van der Waals surface area contributed by atoms with Crippen LogP contribution >= 0.6 is 34.5 Å². The van der Waals surface area contributed by atoms with Crippen LogP contribution in [-0.2, 0) is 0 Å². The third kappa shape index (κ3) is 1.99. The van der Waals surface area contributed by atoms with Crippen LogP contribution in [0.1, 0.15) is 0 Å². The van der Waals surface area contributed by atoms with Crippen molar-refractivity contribution in [2.75, 3.05) is 0 Å². The summed E-state index contributed by atoms with van der Waals surface area (Å²) in [6, 6.07) is 5.37. The summed E-state index contributed by atoms with van der Waals surface area (Å²) in [6.45, 7) is 0. The topological polar surface area (TPSA) is 25.8 Å². The van der Waals surface area contributed by atoms with Crippen LogP contribution in [0.3, 0.4) is 0 Å². The molecule has 0 unspecified atom stereocenters. The molecule has 2 rings (SSSR count). The van der Waals surface area contributed by atoms with E-state index >= 15 is 0 Å². The highest BCUT2D eigenvalue weighted by Crippen LogP contribution is 2.27. The SMILES string of the molecule is Clc1ccc(-c2csc(Cl)c2)nn1. The van der Waals surface area contributed by atoms with Crippen LogP contribution in [0.5, 0.6) is 0 Å². The minimum atomic E-state index is 0.394. The number of nitrogens with zero attached hydrogens (tertiary/aromatic N) is 2. The highest BCUT2D eigenvalue weighted by Gasteiger charge is 2.02. The van der Waals surface area contributed by atoms with Gasteiger partial charge < -0.3 is 0 Å². The van der Waals surface area contributed by atoms with Gasteiger partial charge in [-0.05, 0) is 18.2 Å². The van der Waals surface area contributed by atoms with E-state index in [1.54, 1.807) is 6.07 Å². The molecular weight excluding hydrogens is 227 g/mol. The van der Waals surface area contributed by atoms with E-state index in [0.717, 1.165) is 15.6 Å². The maximum Gasteiger partial charge on any atom is 0.151 e. The van der Waals surface area contributed by atoms with Crippen LogP contribution in [0.15, 0.2) is 23.6 Å². The first-order chi connectivity index (χ1) is 6.25. The molecule has 2 nitrogen and oxygen atoms in total. The van der Waals surface area contributed by atoms with Gasteiger partial charge in [0.25, 0.3) is 0 Å². The van der Waals surface area contributed by atoms with Crippen molar-refractivity contribution in [3.63, 3.8) is 0 Å². The molecule has 0 saturated heterocycles. The van der Waals surface area contributed by atoms with E-state index < -0.39 is 0 Å². The monoisotopic (exact) mass is 230 g/mol. The fourth-order valence-electron chi connectivity index (χ4n) is 0.914. The highest BCUT2D eigenvalue weighted by molar-refractivity contribution is 7.14. The van der Waals surface area contributed by atoms with Crippen molar-refractivity contribution in [1.82, 2.24) is 10.2 Å². The molecule has 0 amide bonds. The standard InChI is InChI=1S/C8H4Cl2N2S/c9-7-2-1-6(11-12-7)5-3-8(10)13-4-5/h1-4H. The predicted molar refractivity (Wildman–Crippen MR) is 55.4 cm³/mol. The van der Waals surface area contributed by atoms with Crippen LogP contribution in [-0.4, -0.2) is 10.2 Å². The van der Waals surface area contributed by atoms with Crippen LogP contribution in [0.25, 0.3) is 11.3 Å². The van der Waals surface area contributed by atoms with Gasteiger partial charge in [-0.3, -0.25) is 0 Å². The highest BCUT2D eigenvalue weighted by atomic mass is 35.5. The van der Waals surface area contributed by atoms with E-state index in [4.69, 9.17) is 23.2 Å². The Labute approximate surface area is 89.1 Å². The number of rotatable bonds is 1. The summed E-state index contributed by atoms with van der Waals surface area (Å²) in [5, 5.41) is 9.99. The molecule has 2 aromatic rings. The minimum Gasteiger partial charge on any atom is -0.149 e. The fraction of sp³-hybridized carbons (Fsp3) is 0. The molecule has 2 aromatic heterocycles. The molecule has 0 radical (unpaired) electrons. The Morgan fingerprint density at radius 1 is 1.15 bits per heavy atom. The van der Waals surface area contributed by atoms with Crippen LogP contribution in [0.2, 0.25) is 9.49 Å². The van der Waals surface area contributed by atoms with Gasteiger partial charge in [0.05, 0.1) is 10.0 Å². The second-order valence-electron chi connectivity index (χ2n) is 2.38. The molecule has 2 heterocycles. The van der Waals surface area contributed by atoms with Gasteiger partial charge in [-0.25, -0.2) is 0 Å². The van der Waals surface area contributed by atoms with Crippen molar-refractivity contribution in [2.45, 2.75) is 0 Å². The van der Waals surface area contributed by atoms with E-state index in [-0.39, 0.29) is 0 Å². The lowest BCUT2D eigenvalue weighted by molar-refractivity contribution is 1.04. The molecule has 0 aromatic carbocycles. The fourth-order valence-corrected chi connectivity index (χ4v) is 1.89. The van der Waals surface area contributed by atoms with Gasteiger partial charge in [0.15, 0.2) is 5.15 Å². The molecule has 0 atom stereocenters. The van der Waals surface area contributed by atoms with Gasteiger partial charge >= 0.3 is 0 Å². The zero-order valence-electron chi connectivity index (χ0n) is 6.37. The molecular formula is C8H4Cl2N2S. The molecule has 0 aliphatic carbocycles. The zero-order chi connectivity index (χ0) is 9.26. The number of aromatic nitrogens is 2. The normalized spacial score (nSPS) is 10.3. The Kier molecular flexibility index (Phi) is 2.49. The zero-order valence-corrected chi connectivity index (χ0v) is 8.70. The summed E-state index contributed by atoms with van der Waals surface area (Å²) < 4.78 is 0.742. The maximum atomic E-state index is 5.79. The Hall–Kier alpha value is -0.640. The van der Waals surface area contributed by atoms with E-state index in [0.29, 0.717) is 5.15 Å². The molecule has 0 N–H and O–H groups in total. The largest absolute Gasteiger partial charge is 0.151 e. The van der Waals surface area contributed by atoms with E-state index in [1.807, 2.05) is 17.5 Å². The quantitative estimate of drug-likeness (QED) is 0.750. The lowest BCUT2D eigenvalue weighted by atomic mass is 10.2. The Morgan fingerprint density at radius 2 is 2.00 bits per heavy atom. The predicted octanol–water partition coefficient (Wildman–Crippen LogP) is 3.51. The van der Waals surface area contributed by atoms with Crippen molar-refractivity contribution in [3.05, 3.63) is 33.1 Å². The first kappa shape index (κ1) is 8.94. The van der Waals surface area contributed by atoms with Gasteiger partial charge in [0.1, 0.15) is 0 Å². The van der Waals surface area contributed by atoms with Crippen molar-refractivity contribution >= 4 is 34.5 Å². The van der Waals surface area contributed by atoms with Gasteiger partial charge in [-0.1, -0.05) is 23.2 Å². The van der Waals surface area contributed by atoms with Gasteiger partial charge in [0.2, 0.25) is 0 Å². The first-order valence-corrected chi connectivity index (χ1v) is 5.13. The third-order valence-electron chi connectivity index (χ3n) is 1.50. The number of thiophene rings is 1. The molecule has 5 heteroatoms. The molecule has 0 spiro atoms. The summed E-state index contributed by atoms with van der Waals surface area (Å²) in [5.41, 5.74) is 1.76. The van der Waals surface area contributed by atoms with Crippen LogP contribution in [0.4, 0.5) is 0 Å². The Morgan fingerprint density at radius 3 is 2.54 bits per heavy atom. The van der Waals surface area contributed by atoms with Crippen molar-refractivity contribution in [1.29, 1.82) is 0 Å². The average Bonchev–Trinajstić information content (AvgIpc) is 2.53. The molecule has 66 valence electrons. The smallest absolute Gasteiger partial charge is 0.149 e. The van der Waals surface area contributed by atoms with E-state index in [2.05, 4.69) is 10.2 Å². The van der Waals surface area contributed by atoms with E-state index in [9.17, 15) is 0 Å². The summed E-state index contributed by atoms with van der Waals surface area (Å²) in [5.74, 6) is 0. The molecule has 13 heavy (non-hydrogen) atoms. The lowest BCUT2D eigenvalue weighted by Crippen LogP contribution is -1.84.